The molecule has 31 heavy (non-hydrogen) atoms. The van der Waals surface area contributed by atoms with Gasteiger partial charge in [0.1, 0.15) is 12.6 Å². The van der Waals surface area contributed by atoms with Gasteiger partial charge < -0.3 is 10.2 Å². The molecule has 3 heterocycles. The Bertz CT molecular complexity index is 1200. The number of anilines is 1. The van der Waals surface area contributed by atoms with E-state index in [1.54, 1.807) is 4.90 Å². The zero-order valence-corrected chi connectivity index (χ0v) is 17.3. The predicted molar refractivity (Wildman–Crippen MR) is 116 cm³/mol. The zero-order valence-electron chi connectivity index (χ0n) is 16.5. The summed E-state index contributed by atoms with van der Waals surface area (Å²) < 4.78 is 1.00. The number of benzene rings is 2. The third kappa shape index (κ3) is 4.02. The van der Waals surface area contributed by atoms with Crippen molar-refractivity contribution in [2.24, 2.45) is 0 Å². The van der Waals surface area contributed by atoms with Gasteiger partial charge in [-0.25, -0.2) is 4.98 Å². The van der Waals surface area contributed by atoms with E-state index in [-0.39, 0.29) is 18.4 Å². The number of para-hydroxylation sites is 1. The minimum Gasteiger partial charge on any atom is -0.329 e. The van der Waals surface area contributed by atoms with E-state index in [4.69, 9.17) is 0 Å². The van der Waals surface area contributed by atoms with Crippen LogP contribution in [-0.2, 0) is 16.1 Å². The average Bonchev–Trinajstić information content (AvgIpc) is 3.53. The fraction of sp³-hybridized carbons (Fsp3) is 0.238. The number of amides is 2. The first-order valence-electron chi connectivity index (χ1n) is 9.96. The average molecular weight is 433 g/mol. The number of aromatic nitrogens is 5. The molecular weight excluding hydrogens is 414 g/mol. The number of carbonyl (C=O) groups is 2. The van der Waals surface area contributed by atoms with E-state index >= 15 is 0 Å². The number of fused-ring (bicyclic) bond motifs is 1. The first-order chi connectivity index (χ1) is 15.2. The number of nitrogens with zero attached hydrogens (tertiary/aromatic N) is 6. The third-order valence-corrected chi connectivity index (χ3v) is 6.11. The summed E-state index contributed by atoms with van der Waals surface area (Å²) in [7, 11) is 0. The molecule has 5 rings (SSSR count). The standard InChI is InChI=1S/C21H19N7O2S/c29-18(13-28-25-19(24-26-28)14-7-2-1-3-8-14)27-12-6-10-16(27)20(30)23-21-22-15-9-4-5-11-17(15)31-21/h1-5,7-9,11,16H,6,10,12-13H2,(H,22,23,30). The Morgan fingerprint density at radius 1 is 1.10 bits per heavy atom. The summed E-state index contributed by atoms with van der Waals surface area (Å²) in [5.41, 5.74) is 1.67. The van der Waals surface area contributed by atoms with Crippen LogP contribution in [0.1, 0.15) is 12.8 Å². The van der Waals surface area contributed by atoms with E-state index in [2.05, 4.69) is 25.7 Å². The Hall–Kier alpha value is -3.66. The number of carbonyl (C=O) groups excluding carboxylic acids is 2. The quantitative estimate of drug-likeness (QED) is 0.519. The van der Waals surface area contributed by atoms with Crippen molar-refractivity contribution in [1.82, 2.24) is 30.1 Å². The minimum atomic E-state index is -0.531. The van der Waals surface area contributed by atoms with Crippen LogP contribution >= 0.6 is 11.3 Å². The van der Waals surface area contributed by atoms with Gasteiger partial charge in [0.05, 0.1) is 10.2 Å². The molecule has 1 fully saturated rings. The molecule has 156 valence electrons. The van der Waals surface area contributed by atoms with Crippen molar-refractivity contribution in [3.63, 3.8) is 0 Å². The maximum atomic E-state index is 12.9. The Kier molecular flexibility index (Phi) is 5.13. The molecule has 0 aliphatic carbocycles. The van der Waals surface area contributed by atoms with Crippen LogP contribution in [0.5, 0.6) is 0 Å². The van der Waals surface area contributed by atoms with Gasteiger partial charge in [0.25, 0.3) is 0 Å². The third-order valence-electron chi connectivity index (χ3n) is 5.16. The molecule has 1 N–H and O–H groups in total. The van der Waals surface area contributed by atoms with Gasteiger partial charge in [0.15, 0.2) is 5.13 Å². The number of thiazole rings is 1. The topological polar surface area (TPSA) is 106 Å². The largest absolute Gasteiger partial charge is 0.329 e. The highest BCUT2D eigenvalue weighted by Crippen LogP contribution is 2.27. The Labute approximate surface area is 181 Å². The lowest BCUT2D eigenvalue weighted by Gasteiger charge is -2.23. The molecule has 2 amide bonds. The zero-order chi connectivity index (χ0) is 21.2. The molecular formula is C21H19N7O2S. The summed E-state index contributed by atoms with van der Waals surface area (Å²) in [5, 5.41) is 15.7. The summed E-state index contributed by atoms with van der Waals surface area (Å²) in [6.45, 7) is 0.460. The van der Waals surface area contributed by atoms with Crippen LogP contribution in [-0.4, -0.2) is 54.5 Å². The molecule has 0 saturated carbocycles. The van der Waals surface area contributed by atoms with Gasteiger partial charge in [-0.2, -0.15) is 4.80 Å². The lowest BCUT2D eigenvalue weighted by molar-refractivity contribution is -0.137. The molecule has 1 aliphatic rings. The lowest BCUT2D eigenvalue weighted by atomic mass is 10.2. The van der Waals surface area contributed by atoms with Crippen molar-refractivity contribution >= 4 is 38.5 Å². The van der Waals surface area contributed by atoms with Gasteiger partial charge in [-0.3, -0.25) is 9.59 Å². The molecule has 1 unspecified atom stereocenters. The number of nitrogens with one attached hydrogen (secondary N) is 1. The van der Waals surface area contributed by atoms with Crippen molar-refractivity contribution in [2.45, 2.75) is 25.4 Å². The van der Waals surface area contributed by atoms with E-state index in [1.807, 2.05) is 54.6 Å². The van der Waals surface area contributed by atoms with Crippen LogP contribution in [0.2, 0.25) is 0 Å². The lowest BCUT2D eigenvalue weighted by Crippen LogP contribution is -2.44. The fourth-order valence-corrected chi connectivity index (χ4v) is 4.55. The van der Waals surface area contributed by atoms with E-state index in [0.29, 0.717) is 23.9 Å². The summed E-state index contributed by atoms with van der Waals surface area (Å²) in [4.78, 5) is 33.0. The van der Waals surface area contributed by atoms with Crippen LogP contribution in [0.15, 0.2) is 54.6 Å². The van der Waals surface area contributed by atoms with E-state index in [0.717, 1.165) is 22.2 Å². The van der Waals surface area contributed by atoms with Crippen LogP contribution in [0, 0.1) is 0 Å². The van der Waals surface area contributed by atoms with E-state index in [9.17, 15) is 9.59 Å². The molecule has 2 aromatic heterocycles. The van der Waals surface area contributed by atoms with Crippen LogP contribution in [0.3, 0.4) is 0 Å². The highest BCUT2D eigenvalue weighted by Gasteiger charge is 2.34. The molecule has 0 bridgehead atoms. The van der Waals surface area contributed by atoms with Crippen LogP contribution in [0.4, 0.5) is 5.13 Å². The van der Waals surface area contributed by atoms with Crippen molar-refractivity contribution in [1.29, 1.82) is 0 Å². The van der Waals surface area contributed by atoms with Gasteiger partial charge in [-0.05, 0) is 30.2 Å². The van der Waals surface area contributed by atoms with Crippen molar-refractivity contribution < 1.29 is 9.59 Å². The molecule has 0 radical (unpaired) electrons. The summed E-state index contributed by atoms with van der Waals surface area (Å²) in [6.07, 6.45) is 1.38. The Morgan fingerprint density at radius 2 is 1.90 bits per heavy atom. The number of rotatable bonds is 5. The molecule has 0 spiro atoms. The Morgan fingerprint density at radius 3 is 2.74 bits per heavy atom. The van der Waals surface area contributed by atoms with Crippen molar-refractivity contribution in [3.8, 4) is 11.4 Å². The second-order valence-corrected chi connectivity index (χ2v) is 8.26. The number of hydrogen-bond acceptors (Lipinski definition) is 7. The summed E-state index contributed by atoms with van der Waals surface area (Å²) >= 11 is 1.42. The molecule has 1 saturated heterocycles. The highest BCUT2D eigenvalue weighted by molar-refractivity contribution is 7.22. The highest BCUT2D eigenvalue weighted by atomic mass is 32.1. The van der Waals surface area contributed by atoms with Gasteiger partial charge in [0.2, 0.25) is 17.6 Å². The van der Waals surface area contributed by atoms with Gasteiger partial charge in [-0.1, -0.05) is 53.8 Å². The molecule has 1 aliphatic heterocycles. The second-order valence-electron chi connectivity index (χ2n) is 7.23. The maximum absolute atomic E-state index is 12.9. The number of hydrogen-bond donors (Lipinski definition) is 1. The first kappa shape index (κ1) is 19.3. The van der Waals surface area contributed by atoms with Gasteiger partial charge in [-0.15, -0.1) is 10.2 Å². The minimum absolute atomic E-state index is 0.0647. The number of tetrazole rings is 1. The Balaban J connectivity index is 1.25. The van der Waals surface area contributed by atoms with Crippen molar-refractivity contribution in [2.75, 3.05) is 11.9 Å². The summed E-state index contributed by atoms with van der Waals surface area (Å²) in [5.74, 6) is 0.0281. The molecule has 4 aromatic rings. The SMILES string of the molecule is O=C(Nc1nc2ccccc2s1)C1CCCN1C(=O)Cn1nnc(-c2ccccc2)n1. The molecule has 10 heteroatoms. The van der Waals surface area contributed by atoms with E-state index in [1.165, 1.54) is 16.1 Å². The van der Waals surface area contributed by atoms with Crippen LogP contribution in [0.25, 0.3) is 21.6 Å². The molecule has 1 atom stereocenters. The monoisotopic (exact) mass is 433 g/mol. The molecule has 9 nitrogen and oxygen atoms in total. The van der Waals surface area contributed by atoms with Gasteiger partial charge >= 0.3 is 0 Å². The van der Waals surface area contributed by atoms with E-state index < -0.39 is 6.04 Å². The molecule has 2 aromatic carbocycles. The second kappa shape index (κ2) is 8.23. The van der Waals surface area contributed by atoms with Crippen LogP contribution < -0.4 is 5.32 Å². The smallest absolute Gasteiger partial charge is 0.248 e. The predicted octanol–water partition coefficient (Wildman–Crippen LogP) is 2.58. The maximum Gasteiger partial charge on any atom is 0.248 e. The fourth-order valence-electron chi connectivity index (χ4n) is 3.68. The number of likely N-dealkylation sites (tertiary alicyclic amines) is 1. The summed E-state index contributed by atoms with van der Waals surface area (Å²) in [6, 6.07) is 16.6. The first-order valence-corrected chi connectivity index (χ1v) is 10.8. The van der Waals surface area contributed by atoms with Gasteiger partial charge in [0, 0.05) is 12.1 Å². The normalized spacial score (nSPS) is 16.0. The van der Waals surface area contributed by atoms with Crippen molar-refractivity contribution in [3.05, 3.63) is 54.6 Å².